The van der Waals surface area contributed by atoms with Crippen molar-refractivity contribution in [3.63, 3.8) is 0 Å². The summed E-state index contributed by atoms with van der Waals surface area (Å²) in [6, 6.07) is 10.5. The monoisotopic (exact) mass is 407 g/mol. The predicted molar refractivity (Wildman–Crippen MR) is 113 cm³/mol. The Balaban J connectivity index is 1.54. The van der Waals surface area contributed by atoms with Gasteiger partial charge in [0.2, 0.25) is 5.95 Å². The van der Waals surface area contributed by atoms with Crippen molar-refractivity contribution in [2.24, 2.45) is 5.41 Å². The highest BCUT2D eigenvalue weighted by atomic mass is 35.5. The molecule has 0 aliphatic heterocycles. The van der Waals surface area contributed by atoms with E-state index in [9.17, 15) is 5.26 Å². The highest BCUT2D eigenvalue weighted by molar-refractivity contribution is 6.32. The van der Waals surface area contributed by atoms with Gasteiger partial charge < -0.3 is 10.2 Å². The lowest BCUT2D eigenvalue weighted by Crippen LogP contribution is -2.10. The van der Waals surface area contributed by atoms with Crippen molar-refractivity contribution in [1.82, 2.24) is 24.6 Å². The van der Waals surface area contributed by atoms with Crippen LogP contribution in [-0.4, -0.2) is 38.7 Å². The summed E-state index contributed by atoms with van der Waals surface area (Å²) >= 11 is 6.35. The molecule has 0 amide bonds. The number of benzene rings is 1. The number of rotatable bonds is 7. The van der Waals surface area contributed by atoms with Crippen LogP contribution < -0.4 is 5.32 Å². The van der Waals surface area contributed by atoms with Crippen LogP contribution in [0.5, 0.6) is 0 Å². The Bertz CT molecular complexity index is 1060. The molecule has 0 unspecified atom stereocenters. The molecule has 1 N–H and O–H groups in total. The first kappa shape index (κ1) is 19.4. The SMILES string of the molecule is CN(C)Cc1cccc(Nc2ncc(Cl)c(-c3cnn(CC4(C#N)CC4)c3)n2)c1. The molecule has 3 aromatic rings. The van der Waals surface area contributed by atoms with Gasteiger partial charge in [0.1, 0.15) is 0 Å². The van der Waals surface area contributed by atoms with Gasteiger partial charge in [0, 0.05) is 24.0 Å². The first-order valence-electron chi connectivity index (χ1n) is 9.44. The molecule has 29 heavy (non-hydrogen) atoms. The van der Waals surface area contributed by atoms with Crippen LogP contribution in [0.2, 0.25) is 5.02 Å². The fraction of sp³-hybridized carbons (Fsp3) is 0.333. The molecule has 8 heteroatoms. The topological polar surface area (TPSA) is 82.7 Å². The minimum Gasteiger partial charge on any atom is -0.324 e. The maximum absolute atomic E-state index is 9.29. The normalized spacial score (nSPS) is 14.6. The second-order valence-corrected chi connectivity index (χ2v) is 8.18. The minimum absolute atomic E-state index is 0.261. The van der Waals surface area contributed by atoms with Gasteiger partial charge in [0.15, 0.2) is 0 Å². The molecule has 0 radical (unpaired) electrons. The van der Waals surface area contributed by atoms with Gasteiger partial charge in [-0.15, -0.1) is 0 Å². The molecule has 0 bridgehead atoms. The van der Waals surface area contributed by atoms with Crippen LogP contribution in [0.3, 0.4) is 0 Å². The summed E-state index contributed by atoms with van der Waals surface area (Å²) in [5, 5.41) is 17.4. The van der Waals surface area contributed by atoms with Gasteiger partial charge >= 0.3 is 0 Å². The van der Waals surface area contributed by atoms with Crippen LogP contribution >= 0.6 is 11.6 Å². The van der Waals surface area contributed by atoms with Crippen LogP contribution in [0.4, 0.5) is 11.6 Å². The smallest absolute Gasteiger partial charge is 0.227 e. The van der Waals surface area contributed by atoms with Crippen molar-refractivity contribution in [3.05, 3.63) is 53.4 Å². The fourth-order valence-electron chi connectivity index (χ4n) is 3.21. The third-order valence-electron chi connectivity index (χ3n) is 4.89. The molecule has 1 aliphatic carbocycles. The summed E-state index contributed by atoms with van der Waals surface area (Å²) in [5.41, 5.74) is 3.26. The largest absolute Gasteiger partial charge is 0.324 e. The predicted octanol–water partition coefficient (Wildman–Crippen LogP) is 4.10. The van der Waals surface area contributed by atoms with E-state index in [1.807, 2.05) is 32.4 Å². The molecule has 0 saturated heterocycles. The van der Waals surface area contributed by atoms with Crippen LogP contribution in [0.1, 0.15) is 18.4 Å². The first-order valence-corrected chi connectivity index (χ1v) is 9.81. The summed E-state index contributed by atoms with van der Waals surface area (Å²) in [4.78, 5) is 11.0. The number of aromatic nitrogens is 4. The van der Waals surface area contributed by atoms with Gasteiger partial charge in [-0.25, -0.2) is 9.97 Å². The molecule has 1 saturated carbocycles. The quantitative estimate of drug-likeness (QED) is 0.634. The van der Waals surface area contributed by atoms with E-state index in [1.54, 1.807) is 17.1 Å². The van der Waals surface area contributed by atoms with E-state index in [-0.39, 0.29) is 5.41 Å². The van der Waals surface area contributed by atoms with E-state index >= 15 is 0 Å². The highest BCUT2D eigenvalue weighted by Crippen LogP contribution is 2.46. The van der Waals surface area contributed by atoms with Gasteiger partial charge in [0.05, 0.1) is 41.1 Å². The van der Waals surface area contributed by atoms with Gasteiger partial charge in [-0.05, 0) is 44.6 Å². The Kier molecular flexibility index (Phi) is 5.22. The number of anilines is 2. The zero-order chi connectivity index (χ0) is 20.4. The third-order valence-corrected chi connectivity index (χ3v) is 5.16. The molecule has 4 rings (SSSR count). The number of hydrogen-bond acceptors (Lipinski definition) is 6. The van der Waals surface area contributed by atoms with Gasteiger partial charge in [-0.1, -0.05) is 23.7 Å². The summed E-state index contributed by atoms with van der Waals surface area (Å²) in [6.07, 6.45) is 7.04. The molecule has 1 aromatic carbocycles. The van der Waals surface area contributed by atoms with Gasteiger partial charge in [0.25, 0.3) is 0 Å². The fourth-order valence-corrected chi connectivity index (χ4v) is 3.41. The molecule has 148 valence electrons. The zero-order valence-corrected chi connectivity index (χ0v) is 17.2. The maximum atomic E-state index is 9.29. The Hall–Kier alpha value is -2.95. The van der Waals surface area contributed by atoms with E-state index < -0.39 is 0 Å². The van der Waals surface area contributed by atoms with E-state index in [0.717, 1.165) is 30.6 Å². The van der Waals surface area contributed by atoms with E-state index in [1.165, 1.54) is 5.56 Å². The molecular weight excluding hydrogens is 386 g/mol. The minimum atomic E-state index is -0.261. The van der Waals surface area contributed by atoms with Crippen LogP contribution in [0.15, 0.2) is 42.9 Å². The lowest BCUT2D eigenvalue weighted by Gasteiger charge is -2.12. The Morgan fingerprint density at radius 2 is 2.14 bits per heavy atom. The van der Waals surface area contributed by atoms with Gasteiger partial charge in [-0.3, -0.25) is 4.68 Å². The lowest BCUT2D eigenvalue weighted by molar-refractivity contribution is 0.402. The summed E-state index contributed by atoms with van der Waals surface area (Å²) < 4.78 is 1.79. The molecule has 0 atom stereocenters. The van der Waals surface area contributed by atoms with E-state index in [2.05, 4.69) is 43.5 Å². The number of nitriles is 1. The third kappa shape index (κ3) is 4.56. The Labute approximate surface area is 175 Å². The van der Waals surface area contributed by atoms with E-state index in [0.29, 0.717) is 23.2 Å². The average Bonchev–Trinajstić information content (AvgIpc) is 3.31. The lowest BCUT2D eigenvalue weighted by atomic mass is 10.1. The number of nitrogens with one attached hydrogen (secondary N) is 1. The van der Waals surface area contributed by atoms with Crippen LogP contribution in [0, 0.1) is 16.7 Å². The van der Waals surface area contributed by atoms with Crippen molar-refractivity contribution >= 4 is 23.2 Å². The van der Waals surface area contributed by atoms with Crippen molar-refractivity contribution in [1.29, 1.82) is 5.26 Å². The standard InChI is InChI=1S/C21H22ClN7/c1-28(2)11-15-4-3-5-17(8-15)26-20-24-10-18(22)19(27-20)16-9-25-29(12-16)14-21(13-23)6-7-21/h3-5,8-10,12H,6-7,11,14H2,1-2H3,(H,24,26,27). The highest BCUT2D eigenvalue weighted by Gasteiger charge is 2.43. The summed E-state index contributed by atoms with van der Waals surface area (Å²) in [6.45, 7) is 1.45. The molecular formula is C21H22ClN7. The second-order valence-electron chi connectivity index (χ2n) is 7.77. The summed E-state index contributed by atoms with van der Waals surface area (Å²) in [5.74, 6) is 0.467. The molecule has 1 fully saturated rings. The molecule has 1 aliphatic rings. The molecule has 2 heterocycles. The summed E-state index contributed by atoms with van der Waals surface area (Å²) in [7, 11) is 4.08. The second kappa shape index (κ2) is 7.82. The van der Waals surface area contributed by atoms with Crippen molar-refractivity contribution in [2.45, 2.75) is 25.9 Å². The zero-order valence-electron chi connectivity index (χ0n) is 16.4. The van der Waals surface area contributed by atoms with Crippen molar-refractivity contribution < 1.29 is 0 Å². The average molecular weight is 408 g/mol. The molecule has 0 spiro atoms. The van der Waals surface area contributed by atoms with Crippen LogP contribution in [-0.2, 0) is 13.1 Å². The maximum Gasteiger partial charge on any atom is 0.227 e. The molecule has 7 nitrogen and oxygen atoms in total. The molecule has 2 aromatic heterocycles. The number of hydrogen-bond donors (Lipinski definition) is 1. The first-order chi connectivity index (χ1) is 14.0. The van der Waals surface area contributed by atoms with Crippen molar-refractivity contribution in [2.75, 3.05) is 19.4 Å². The van der Waals surface area contributed by atoms with Gasteiger partial charge in [-0.2, -0.15) is 10.4 Å². The number of nitrogens with zero attached hydrogens (tertiary/aromatic N) is 6. The Morgan fingerprint density at radius 3 is 2.86 bits per heavy atom. The Morgan fingerprint density at radius 1 is 1.31 bits per heavy atom. The van der Waals surface area contributed by atoms with E-state index in [4.69, 9.17) is 11.6 Å². The van der Waals surface area contributed by atoms with Crippen molar-refractivity contribution in [3.8, 4) is 17.3 Å². The number of halogens is 1. The van der Waals surface area contributed by atoms with Crippen LogP contribution in [0.25, 0.3) is 11.3 Å².